The third kappa shape index (κ3) is 3.94. The molecule has 0 radical (unpaired) electrons. The Hall–Kier alpha value is -2.25. The molecule has 0 aliphatic carbocycles. The maximum Gasteiger partial charge on any atom is 0.274 e. The summed E-state index contributed by atoms with van der Waals surface area (Å²) in [6, 6.07) is 11.4. The number of carbonyl (C=O) groups excluding carboxylic acids is 1. The standard InChI is InChI=1S/C16H14N4OS2/c1-2-11-4-3-9-17-14(11)15(21)19-12-5-7-13(8-6-12)23-16-20-18-10-22-16/h3-10H,2H2,1H3,(H,19,21). The monoisotopic (exact) mass is 342 g/mol. The Morgan fingerprint density at radius 3 is 2.78 bits per heavy atom. The van der Waals surface area contributed by atoms with Crippen molar-refractivity contribution in [3.05, 3.63) is 59.4 Å². The van der Waals surface area contributed by atoms with Gasteiger partial charge in [0.2, 0.25) is 0 Å². The molecule has 0 unspecified atom stereocenters. The van der Waals surface area contributed by atoms with Crippen LogP contribution in [0.2, 0.25) is 0 Å². The van der Waals surface area contributed by atoms with E-state index in [-0.39, 0.29) is 5.91 Å². The van der Waals surface area contributed by atoms with Crippen LogP contribution in [0.5, 0.6) is 0 Å². The van der Waals surface area contributed by atoms with Gasteiger partial charge in [0.05, 0.1) is 0 Å². The van der Waals surface area contributed by atoms with Gasteiger partial charge in [0, 0.05) is 16.8 Å². The number of hydrogen-bond donors (Lipinski definition) is 1. The summed E-state index contributed by atoms with van der Waals surface area (Å²) >= 11 is 3.04. The summed E-state index contributed by atoms with van der Waals surface area (Å²) in [5.74, 6) is -0.188. The number of rotatable bonds is 5. The number of nitrogens with zero attached hydrogens (tertiary/aromatic N) is 3. The summed E-state index contributed by atoms with van der Waals surface area (Å²) in [7, 11) is 0. The molecule has 116 valence electrons. The average molecular weight is 342 g/mol. The number of aromatic nitrogens is 3. The van der Waals surface area contributed by atoms with Crippen molar-refractivity contribution in [2.75, 3.05) is 5.32 Å². The first kappa shape index (κ1) is 15.6. The molecule has 0 saturated carbocycles. The van der Waals surface area contributed by atoms with Crippen molar-refractivity contribution < 1.29 is 4.79 Å². The second-order valence-electron chi connectivity index (χ2n) is 4.65. The van der Waals surface area contributed by atoms with Crippen LogP contribution in [0.25, 0.3) is 0 Å². The largest absolute Gasteiger partial charge is 0.321 e. The van der Waals surface area contributed by atoms with Gasteiger partial charge in [-0.25, -0.2) is 0 Å². The number of anilines is 1. The fourth-order valence-corrected chi connectivity index (χ4v) is 3.48. The van der Waals surface area contributed by atoms with E-state index in [0.717, 1.165) is 26.9 Å². The highest BCUT2D eigenvalue weighted by Gasteiger charge is 2.11. The lowest BCUT2D eigenvalue weighted by atomic mass is 10.1. The van der Waals surface area contributed by atoms with E-state index in [1.54, 1.807) is 23.5 Å². The van der Waals surface area contributed by atoms with Crippen molar-refractivity contribution in [2.24, 2.45) is 0 Å². The average Bonchev–Trinajstić information content (AvgIpc) is 3.09. The second kappa shape index (κ2) is 7.34. The minimum absolute atomic E-state index is 0.188. The van der Waals surface area contributed by atoms with E-state index in [4.69, 9.17) is 0 Å². The first-order valence-corrected chi connectivity index (χ1v) is 8.75. The zero-order valence-corrected chi connectivity index (χ0v) is 14.0. The number of pyridine rings is 1. The molecule has 2 heterocycles. The van der Waals surface area contributed by atoms with E-state index in [2.05, 4.69) is 20.5 Å². The van der Waals surface area contributed by atoms with Gasteiger partial charge in [0.15, 0.2) is 4.34 Å². The zero-order chi connectivity index (χ0) is 16.1. The molecule has 1 aromatic carbocycles. The minimum Gasteiger partial charge on any atom is -0.321 e. The SMILES string of the molecule is CCc1cccnc1C(=O)Nc1ccc(Sc2nncs2)cc1. The number of carbonyl (C=O) groups is 1. The lowest BCUT2D eigenvalue weighted by Gasteiger charge is -2.08. The molecule has 0 bridgehead atoms. The van der Waals surface area contributed by atoms with Crippen molar-refractivity contribution in [1.82, 2.24) is 15.2 Å². The molecule has 0 saturated heterocycles. The maximum atomic E-state index is 12.3. The van der Waals surface area contributed by atoms with E-state index in [0.29, 0.717) is 5.69 Å². The van der Waals surface area contributed by atoms with E-state index in [9.17, 15) is 4.79 Å². The first-order chi connectivity index (χ1) is 11.3. The molecule has 3 aromatic rings. The topological polar surface area (TPSA) is 67.8 Å². The number of hydrogen-bond acceptors (Lipinski definition) is 6. The van der Waals surface area contributed by atoms with E-state index < -0.39 is 0 Å². The predicted molar refractivity (Wildman–Crippen MR) is 92.0 cm³/mol. The molecule has 3 rings (SSSR count). The van der Waals surface area contributed by atoms with Gasteiger partial charge < -0.3 is 5.32 Å². The summed E-state index contributed by atoms with van der Waals surface area (Å²) in [5.41, 5.74) is 3.86. The van der Waals surface area contributed by atoms with Crippen LogP contribution in [0, 0.1) is 0 Å². The van der Waals surface area contributed by atoms with Gasteiger partial charge in [-0.05, 0) is 42.3 Å². The molecule has 0 atom stereocenters. The van der Waals surface area contributed by atoms with Crippen LogP contribution >= 0.6 is 23.1 Å². The van der Waals surface area contributed by atoms with Crippen LogP contribution in [-0.2, 0) is 6.42 Å². The Labute approximate surface area is 142 Å². The number of amides is 1. The molecule has 5 nitrogen and oxygen atoms in total. The number of aryl methyl sites for hydroxylation is 1. The molecule has 0 fully saturated rings. The number of benzene rings is 1. The molecule has 0 aliphatic rings. The van der Waals surface area contributed by atoms with Crippen molar-refractivity contribution in [3.63, 3.8) is 0 Å². The Balaban J connectivity index is 1.69. The zero-order valence-electron chi connectivity index (χ0n) is 12.4. The first-order valence-electron chi connectivity index (χ1n) is 7.05. The Morgan fingerprint density at radius 1 is 1.26 bits per heavy atom. The summed E-state index contributed by atoms with van der Waals surface area (Å²) in [6.45, 7) is 2.01. The van der Waals surface area contributed by atoms with Gasteiger partial charge in [0.1, 0.15) is 11.2 Å². The fourth-order valence-electron chi connectivity index (χ4n) is 2.03. The van der Waals surface area contributed by atoms with E-state index in [1.807, 2.05) is 43.3 Å². The smallest absolute Gasteiger partial charge is 0.274 e. The Bertz CT molecular complexity index is 788. The molecule has 0 spiro atoms. The van der Waals surface area contributed by atoms with E-state index in [1.165, 1.54) is 11.3 Å². The third-order valence-corrected chi connectivity index (χ3v) is 4.93. The van der Waals surface area contributed by atoms with Crippen molar-refractivity contribution in [1.29, 1.82) is 0 Å². The van der Waals surface area contributed by atoms with Crippen molar-refractivity contribution in [3.8, 4) is 0 Å². The van der Waals surface area contributed by atoms with Crippen LogP contribution < -0.4 is 5.32 Å². The van der Waals surface area contributed by atoms with Gasteiger partial charge in [-0.2, -0.15) is 0 Å². The highest BCUT2D eigenvalue weighted by Crippen LogP contribution is 2.29. The molecule has 1 amide bonds. The summed E-state index contributed by atoms with van der Waals surface area (Å²) < 4.78 is 0.892. The van der Waals surface area contributed by atoms with Crippen LogP contribution in [0.1, 0.15) is 23.0 Å². The summed E-state index contributed by atoms with van der Waals surface area (Å²) in [4.78, 5) is 17.6. The van der Waals surface area contributed by atoms with Gasteiger partial charge in [-0.3, -0.25) is 9.78 Å². The van der Waals surface area contributed by atoms with Crippen molar-refractivity contribution >= 4 is 34.7 Å². The van der Waals surface area contributed by atoms with Gasteiger partial charge in [-0.15, -0.1) is 10.2 Å². The normalized spacial score (nSPS) is 10.5. The summed E-state index contributed by atoms with van der Waals surface area (Å²) in [6.07, 6.45) is 2.41. The quantitative estimate of drug-likeness (QED) is 0.761. The van der Waals surface area contributed by atoms with Crippen LogP contribution in [0.4, 0.5) is 5.69 Å². The second-order valence-corrected chi connectivity index (χ2v) is 6.80. The minimum atomic E-state index is -0.188. The van der Waals surface area contributed by atoms with Crippen LogP contribution in [0.3, 0.4) is 0 Å². The van der Waals surface area contributed by atoms with Gasteiger partial charge in [-0.1, -0.05) is 36.1 Å². The van der Waals surface area contributed by atoms with Gasteiger partial charge in [0.25, 0.3) is 5.91 Å². The molecule has 2 aromatic heterocycles. The Morgan fingerprint density at radius 2 is 2.09 bits per heavy atom. The lowest BCUT2D eigenvalue weighted by molar-refractivity contribution is 0.102. The third-order valence-electron chi connectivity index (χ3n) is 3.14. The lowest BCUT2D eigenvalue weighted by Crippen LogP contribution is -2.15. The van der Waals surface area contributed by atoms with E-state index >= 15 is 0 Å². The number of nitrogens with one attached hydrogen (secondary N) is 1. The molecule has 1 N–H and O–H groups in total. The molecule has 23 heavy (non-hydrogen) atoms. The Kier molecular flexibility index (Phi) is 4.99. The van der Waals surface area contributed by atoms with Crippen LogP contribution in [-0.4, -0.2) is 21.1 Å². The highest BCUT2D eigenvalue weighted by molar-refractivity contribution is 8.01. The molecular weight excluding hydrogens is 328 g/mol. The fraction of sp³-hybridized carbons (Fsp3) is 0.125. The maximum absolute atomic E-state index is 12.3. The van der Waals surface area contributed by atoms with Crippen LogP contribution in [0.15, 0.2) is 57.3 Å². The molecule has 7 heteroatoms. The summed E-state index contributed by atoms with van der Waals surface area (Å²) in [5, 5.41) is 10.7. The molecular formula is C16H14N4OS2. The van der Waals surface area contributed by atoms with Crippen molar-refractivity contribution in [2.45, 2.75) is 22.6 Å². The molecule has 0 aliphatic heterocycles. The van der Waals surface area contributed by atoms with Gasteiger partial charge >= 0.3 is 0 Å². The predicted octanol–water partition coefficient (Wildman–Crippen LogP) is 3.90. The highest BCUT2D eigenvalue weighted by atomic mass is 32.2.